The number of fused-ring (bicyclic) bond motifs is 1. The molecule has 1 fully saturated rings. The summed E-state index contributed by atoms with van der Waals surface area (Å²) in [5.74, 6) is 3.14. The van der Waals surface area contributed by atoms with Crippen LogP contribution in [0.25, 0.3) is 0 Å². The average molecular weight is 504 g/mol. The lowest BCUT2D eigenvalue weighted by Crippen LogP contribution is -2.44. The molecule has 0 radical (unpaired) electrons. The fraction of sp³-hybridized carbons (Fsp3) is 0.850. The summed E-state index contributed by atoms with van der Waals surface area (Å²) in [5.41, 5.74) is 0.359. The first-order valence-electron chi connectivity index (χ1n) is 10.6. The molecule has 0 spiro atoms. The molecular formula is C20H37IN6O. The van der Waals surface area contributed by atoms with Gasteiger partial charge in [0.1, 0.15) is 11.6 Å². The van der Waals surface area contributed by atoms with Crippen LogP contribution in [0.3, 0.4) is 0 Å². The number of halogens is 1. The molecule has 0 amide bonds. The van der Waals surface area contributed by atoms with E-state index in [1.165, 1.54) is 44.9 Å². The fourth-order valence-electron chi connectivity index (χ4n) is 4.47. The van der Waals surface area contributed by atoms with Gasteiger partial charge in [0.15, 0.2) is 5.96 Å². The molecule has 2 N–H and O–H groups in total. The number of aromatic nitrogens is 3. The first kappa shape index (κ1) is 23.4. The third-order valence-corrected chi connectivity index (χ3v) is 6.18. The Hall–Kier alpha value is -0.900. The Morgan fingerprint density at radius 2 is 1.96 bits per heavy atom. The van der Waals surface area contributed by atoms with Crippen molar-refractivity contribution in [1.82, 2.24) is 25.4 Å². The van der Waals surface area contributed by atoms with Gasteiger partial charge >= 0.3 is 0 Å². The molecule has 28 heavy (non-hydrogen) atoms. The molecule has 160 valence electrons. The van der Waals surface area contributed by atoms with Crippen LogP contribution in [0.2, 0.25) is 0 Å². The van der Waals surface area contributed by atoms with E-state index in [1.54, 1.807) is 7.11 Å². The minimum absolute atomic E-state index is 0. The van der Waals surface area contributed by atoms with Gasteiger partial charge in [0.25, 0.3) is 0 Å². The van der Waals surface area contributed by atoms with E-state index >= 15 is 0 Å². The smallest absolute Gasteiger partial charge is 0.191 e. The molecule has 8 heteroatoms. The van der Waals surface area contributed by atoms with E-state index in [-0.39, 0.29) is 24.0 Å². The predicted octanol–water partition coefficient (Wildman–Crippen LogP) is 2.93. The maximum absolute atomic E-state index is 5.33. The van der Waals surface area contributed by atoms with E-state index in [0.29, 0.717) is 5.41 Å². The second kappa shape index (κ2) is 11.9. The predicted molar refractivity (Wildman–Crippen MR) is 123 cm³/mol. The largest absolute Gasteiger partial charge is 0.385 e. The second-order valence-electron chi connectivity index (χ2n) is 8.05. The third-order valence-electron chi connectivity index (χ3n) is 6.18. The molecule has 1 aliphatic heterocycles. The lowest BCUT2D eigenvalue weighted by Gasteiger charge is -2.29. The Morgan fingerprint density at radius 1 is 1.14 bits per heavy atom. The lowest BCUT2D eigenvalue weighted by molar-refractivity contribution is 0.138. The number of hydrogen-bond donors (Lipinski definition) is 2. The standard InChI is InChI=1S/C20H36N6O.HI/c1-21-19(23-16-20(12-15-27-2)10-5-6-11-20)22-13-9-18-25-24-17-8-4-3-7-14-26(17)18;/h3-16H2,1-2H3,(H2,21,22,23);1H. The summed E-state index contributed by atoms with van der Waals surface area (Å²) < 4.78 is 7.66. The Kier molecular flexibility index (Phi) is 9.98. The highest BCUT2D eigenvalue weighted by atomic mass is 127. The van der Waals surface area contributed by atoms with E-state index in [2.05, 4.69) is 30.4 Å². The van der Waals surface area contributed by atoms with Gasteiger partial charge in [0.05, 0.1) is 0 Å². The second-order valence-corrected chi connectivity index (χ2v) is 8.05. The Bertz CT molecular complexity index is 612. The molecule has 0 unspecified atom stereocenters. The van der Waals surface area contributed by atoms with Crippen molar-refractivity contribution in [3.63, 3.8) is 0 Å². The van der Waals surface area contributed by atoms with Gasteiger partial charge in [0.2, 0.25) is 0 Å². The van der Waals surface area contributed by atoms with Crippen molar-refractivity contribution in [2.24, 2.45) is 10.4 Å². The maximum atomic E-state index is 5.33. The van der Waals surface area contributed by atoms with Crippen molar-refractivity contribution >= 4 is 29.9 Å². The number of aliphatic imine (C=N–C) groups is 1. The molecule has 7 nitrogen and oxygen atoms in total. The van der Waals surface area contributed by atoms with Crippen LogP contribution in [0.5, 0.6) is 0 Å². The van der Waals surface area contributed by atoms with E-state index in [4.69, 9.17) is 4.74 Å². The van der Waals surface area contributed by atoms with Crippen molar-refractivity contribution in [3.8, 4) is 0 Å². The maximum Gasteiger partial charge on any atom is 0.191 e. The SMILES string of the molecule is CN=C(NCCc1nnc2n1CCCCC2)NCC1(CCOC)CCCC1.I. The fourth-order valence-corrected chi connectivity index (χ4v) is 4.47. The summed E-state index contributed by atoms with van der Waals surface area (Å²) in [4.78, 5) is 4.40. The highest BCUT2D eigenvalue weighted by molar-refractivity contribution is 14.0. The first-order valence-corrected chi connectivity index (χ1v) is 10.6. The van der Waals surface area contributed by atoms with E-state index in [0.717, 1.165) is 63.1 Å². The van der Waals surface area contributed by atoms with Crippen LogP contribution in [-0.2, 0) is 24.1 Å². The monoisotopic (exact) mass is 504 g/mol. The number of methoxy groups -OCH3 is 1. The van der Waals surface area contributed by atoms with Gasteiger partial charge in [-0.2, -0.15) is 0 Å². The van der Waals surface area contributed by atoms with Gasteiger partial charge in [-0.1, -0.05) is 19.3 Å². The van der Waals surface area contributed by atoms with E-state index in [1.807, 2.05) is 7.05 Å². The van der Waals surface area contributed by atoms with Crippen LogP contribution in [0.4, 0.5) is 0 Å². The quantitative estimate of drug-likeness (QED) is 0.324. The molecule has 0 aromatic carbocycles. The molecule has 0 atom stereocenters. The van der Waals surface area contributed by atoms with Crippen molar-refractivity contribution in [2.45, 2.75) is 70.8 Å². The lowest BCUT2D eigenvalue weighted by atomic mass is 9.83. The number of hydrogen-bond acceptors (Lipinski definition) is 4. The van der Waals surface area contributed by atoms with Gasteiger partial charge < -0.3 is 19.9 Å². The van der Waals surface area contributed by atoms with Gasteiger partial charge in [-0.3, -0.25) is 4.99 Å². The zero-order chi connectivity index (χ0) is 19.0. The van der Waals surface area contributed by atoms with Crippen molar-refractivity contribution < 1.29 is 4.74 Å². The summed E-state index contributed by atoms with van der Waals surface area (Å²) in [6.07, 6.45) is 12.1. The molecule has 3 rings (SSSR count). The van der Waals surface area contributed by atoms with Crippen LogP contribution in [0.1, 0.15) is 63.0 Å². The normalized spacial score (nSPS) is 18.9. The van der Waals surface area contributed by atoms with Crippen LogP contribution in [0.15, 0.2) is 4.99 Å². The summed E-state index contributed by atoms with van der Waals surface area (Å²) in [6, 6.07) is 0. The van der Waals surface area contributed by atoms with Crippen molar-refractivity contribution in [3.05, 3.63) is 11.6 Å². The Balaban J connectivity index is 0.00000280. The molecule has 1 saturated carbocycles. The number of nitrogens with zero attached hydrogens (tertiary/aromatic N) is 4. The summed E-state index contributed by atoms with van der Waals surface area (Å²) in [6.45, 7) is 3.69. The van der Waals surface area contributed by atoms with E-state index in [9.17, 15) is 0 Å². The average Bonchev–Trinajstić information content (AvgIpc) is 3.24. The summed E-state index contributed by atoms with van der Waals surface area (Å²) in [5, 5.41) is 15.8. The number of guanidine groups is 1. The zero-order valence-corrected chi connectivity index (χ0v) is 19.8. The minimum atomic E-state index is 0. The number of rotatable bonds is 8. The topological polar surface area (TPSA) is 76.4 Å². The number of ether oxygens (including phenoxy) is 1. The van der Waals surface area contributed by atoms with E-state index < -0.39 is 0 Å². The minimum Gasteiger partial charge on any atom is -0.385 e. The molecule has 1 aromatic heterocycles. The molecular weight excluding hydrogens is 467 g/mol. The van der Waals surface area contributed by atoms with Crippen LogP contribution < -0.4 is 10.6 Å². The highest BCUT2D eigenvalue weighted by Gasteiger charge is 2.33. The van der Waals surface area contributed by atoms with Crippen LogP contribution in [-0.4, -0.2) is 54.6 Å². The molecule has 2 aliphatic rings. The molecule has 0 bridgehead atoms. The Morgan fingerprint density at radius 3 is 2.71 bits per heavy atom. The molecule has 0 saturated heterocycles. The molecule has 2 heterocycles. The molecule has 1 aromatic rings. The first-order chi connectivity index (χ1) is 13.3. The highest BCUT2D eigenvalue weighted by Crippen LogP contribution is 2.40. The zero-order valence-electron chi connectivity index (χ0n) is 17.5. The van der Waals surface area contributed by atoms with Crippen LogP contribution in [0, 0.1) is 5.41 Å². The summed E-state index contributed by atoms with van der Waals surface area (Å²) in [7, 11) is 3.64. The number of aryl methyl sites for hydroxylation is 1. The summed E-state index contributed by atoms with van der Waals surface area (Å²) >= 11 is 0. The third kappa shape index (κ3) is 6.30. The van der Waals surface area contributed by atoms with Crippen LogP contribution >= 0.6 is 24.0 Å². The van der Waals surface area contributed by atoms with Gasteiger partial charge in [-0.05, 0) is 37.5 Å². The Labute approximate surface area is 186 Å². The number of nitrogens with one attached hydrogen (secondary N) is 2. The molecule has 1 aliphatic carbocycles. The van der Waals surface area contributed by atoms with Crippen molar-refractivity contribution in [2.75, 3.05) is 33.9 Å². The van der Waals surface area contributed by atoms with Crippen molar-refractivity contribution in [1.29, 1.82) is 0 Å². The van der Waals surface area contributed by atoms with Gasteiger partial charge in [0, 0.05) is 53.2 Å². The van der Waals surface area contributed by atoms with Gasteiger partial charge in [-0.15, -0.1) is 34.2 Å². The van der Waals surface area contributed by atoms with Gasteiger partial charge in [-0.25, -0.2) is 0 Å².